The average molecular weight is 304 g/mol. The molecule has 1 atom stereocenters. The van der Waals surface area contributed by atoms with E-state index in [1.54, 1.807) is 7.11 Å². The van der Waals surface area contributed by atoms with Gasteiger partial charge in [-0.15, -0.1) is 0 Å². The maximum absolute atomic E-state index is 9.39. The summed E-state index contributed by atoms with van der Waals surface area (Å²) in [5, 5.41) is 9.39. The van der Waals surface area contributed by atoms with Gasteiger partial charge in [0.25, 0.3) is 0 Å². The molecular weight excluding hydrogens is 291 g/mol. The molecule has 0 bridgehead atoms. The number of aliphatic hydroxyl groups excluding tert-OH is 1. The molecule has 1 aromatic rings. The fraction of sp³-hybridized carbons (Fsp3) is 0.455. The summed E-state index contributed by atoms with van der Waals surface area (Å²) in [4.78, 5) is 0. The molecule has 0 aromatic heterocycles. The van der Waals surface area contributed by atoms with Crippen molar-refractivity contribution >= 4 is 22.6 Å². The third-order valence-electron chi connectivity index (χ3n) is 2.84. The van der Waals surface area contributed by atoms with E-state index in [9.17, 15) is 5.11 Å². The summed E-state index contributed by atoms with van der Waals surface area (Å²) in [5.74, 6) is 0.875. The summed E-state index contributed by atoms with van der Waals surface area (Å²) in [6, 6.07) is 6.13. The highest BCUT2D eigenvalue weighted by atomic mass is 127. The van der Waals surface area contributed by atoms with E-state index in [0.717, 1.165) is 18.6 Å². The highest BCUT2D eigenvalue weighted by molar-refractivity contribution is 14.1. The van der Waals surface area contributed by atoms with Crippen LogP contribution in [0.1, 0.15) is 17.5 Å². The molecule has 0 unspecified atom stereocenters. The summed E-state index contributed by atoms with van der Waals surface area (Å²) < 4.78 is 5.10. The maximum atomic E-state index is 9.39. The molecule has 0 amide bonds. The number of fused-ring (bicyclic) bond motifs is 1. The van der Waals surface area contributed by atoms with Crippen LogP contribution in [0.4, 0.5) is 0 Å². The first-order valence-electron chi connectivity index (χ1n) is 4.67. The zero-order valence-corrected chi connectivity index (χ0v) is 10.2. The first-order valence-corrected chi connectivity index (χ1v) is 5.75. The van der Waals surface area contributed by atoms with E-state index in [4.69, 9.17) is 4.74 Å². The number of halogens is 1. The molecule has 2 rings (SSSR count). The molecule has 2 nitrogen and oxygen atoms in total. The molecule has 0 spiro atoms. The quantitative estimate of drug-likeness (QED) is 0.671. The lowest BCUT2D eigenvalue weighted by molar-refractivity contribution is 0.256. The van der Waals surface area contributed by atoms with Gasteiger partial charge in [0, 0.05) is 0 Å². The maximum Gasteiger partial charge on any atom is 0.119 e. The van der Waals surface area contributed by atoms with Crippen LogP contribution < -0.4 is 4.74 Å². The third-order valence-corrected chi connectivity index (χ3v) is 4.30. The monoisotopic (exact) mass is 304 g/mol. The molecule has 1 aliphatic carbocycles. The number of aliphatic hydroxyl groups is 1. The molecule has 3 heteroatoms. The molecule has 0 heterocycles. The van der Waals surface area contributed by atoms with Crippen LogP contribution >= 0.6 is 22.6 Å². The van der Waals surface area contributed by atoms with Crippen LogP contribution in [0.2, 0.25) is 0 Å². The molecule has 0 aliphatic heterocycles. The van der Waals surface area contributed by atoms with Gasteiger partial charge in [0.1, 0.15) is 5.75 Å². The van der Waals surface area contributed by atoms with Crippen molar-refractivity contribution in [1.29, 1.82) is 0 Å². The number of hydrogen-bond donors (Lipinski definition) is 1. The fourth-order valence-electron chi connectivity index (χ4n) is 1.95. The number of methoxy groups -OCH3 is 1. The van der Waals surface area contributed by atoms with E-state index in [-0.39, 0.29) is 10.0 Å². The standard InChI is InChI=1S/C11H13IO2/c1-14-9-3-2-8-4-5-11(12,7-13)10(8)6-9/h2-3,6,13H,4-5,7H2,1H3/t11-/m0/s1. The number of aryl methyl sites for hydroxylation is 1. The van der Waals surface area contributed by atoms with E-state index < -0.39 is 0 Å². The SMILES string of the molecule is COc1ccc2c(c1)[C@@](I)(CO)CC2. The van der Waals surface area contributed by atoms with Crippen LogP contribution in [-0.2, 0) is 9.84 Å². The molecule has 76 valence electrons. The Bertz CT molecular complexity index is 351. The molecular formula is C11H13IO2. The number of rotatable bonds is 2. The molecule has 0 fully saturated rings. The highest BCUT2D eigenvalue weighted by Gasteiger charge is 2.35. The first kappa shape index (κ1) is 10.2. The van der Waals surface area contributed by atoms with Gasteiger partial charge in [0.15, 0.2) is 0 Å². The average Bonchev–Trinajstić information content (AvgIpc) is 2.57. The number of hydrogen-bond acceptors (Lipinski definition) is 2. The Morgan fingerprint density at radius 1 is 1.57 bits per heavy atom. The van der Waals surface area contributed by atoms with Crippen LogP contribution in [0.5, 0.6) is 5.75 Å². The molecule has 14 heavy (non-hydrogen) atoms. The summed E-state index contributed by atoms with van der Waals surface area (Å²) in [5.41, 5.74) is 2.58. The first-order chi connectivity index (χ1) is 6.69. The van der Waals surface area contributed by atoms with Gasteiger partial charge in [-0.2, -0.15) is 0 Å². The minimum atomic E-state index is -0.0956. The van der Waals surface area contributed by atoms with E-state index in [1.807, 2.05) is 12.1 Å². The molecule has 0 radical (unpaired) electrons. The van der Waals surface area contributed by atoms with Gasteiger partial charge >= 0.3 is 0 Å². The number of alkyl halides is 1. The lowest BCUT2D eigenvalue weighted by Crippen LogP contribution is -2.18. The van der Waals surface area contributed by atoms with Crippen molar-refractivity contribution in [2.45, 2.75) is 16.3 Å². The fourth-order valence-corrected chi connectivity index (χ4v) is 2.72. The topological polar surface area (TPSA) is 29.5 Å². The van der Waals surface area contributed by atoms with E-state index in [2.05, 4.69) is 28.7 Å². The number of ether oxygens (including phenoxy) is 1. The molecule has 0 saturated heterocycles. The zero-order valence-electron chi connectivity index (χ0n) is 8.09. The minimum Gasteiger partial charge on any atom is -0.497 e. The van der Waals surface area contributed by atoms with Gasteiger partial charge in [-0.05, 0) is 36.1 Å². The normalized spacial score (nSPS) is 24.8. The van der Waals surface area contributed by atoms with Crippen LogP contribution in [0.25, 0.3) is 0 Å². The van der Waals surface area contributed by atoms with Crippen molar-refractivity contribution in [3.05, 3.63) is 29.3 Å². The van der Waals surface area contributed by atoms with Crippen molar-refractivity contribution < 1.29 is 9.84 Å². The Balaban J connectivity index is 2.47. The zero-order chi connectivity index (χ0) is 10.2. The van der Waals surface area contributed by atoms with E-state index in [1.165, 1.54) is 11.1 Å². The second-order valence-electron chi connectivity index (χ2n) is 3.65. The van der Waals surface area contributed by atoms with E-state index >= 15 is 0 Å². The van der Waals surface area contributed by atoms with Crippen molar-refractivity contribution in [2.24, 2.45) is 0 Å². The Hall–Kier alpha value is -0.290. The van der Waals surface area contributed by atoms with Crippen molar-refractivity contribution in [1.82, 2.24) is 0 Å². The molecule has 1 aromatic carbocycles. The van der Waals surface area contributed by atoms with Gasteiger partial charge in [0.05, 0.1) is 17.1 Å². The summed E-state index contributed by atoms with van der Waals surface area (Å²) >= 11 is 2.35. The highest BCUT2D eigenvalue weighted by Crippen LogP contribution is 2.45. The number of benzene rings is 1. The smallest absolute Gasteiger partial charge is 0.119 e. The Kier molecular flexibility index (Phi) is 2.70. The Morgan fingerprint density at radius 3 is 3.00 bits per heavy atom. The van der Waals surface area contributed by atoms with Crippen LogP contribution in [0.3, 0.4) is 0 Å². The van der Waals surface area contributed by atoms with Gasteiger partial charge in [0.2, 0.25) is 0 Å². The van der Waals surface area contributed by atoms with Gasteiger partial charge in [-0.3, -0.25) is 0 Å². The largest absolute Gasteiger partial charge is 0.497 e. The van der Waals surface area contributed by atoms with Gasteiger partial charge in [-0.25, -0.2) is 0 Å². The lowest BCUT2D eigenvalue weighted by atomic mass is 10.0. The Labute approximate surface area is 97.4 Å². The summed E-state index contributed by atoms with van der Waals surface area (Å²) in [6.07, 6.45) is 2.08. The second-order valence-corrected chi connectivity index (χ2v) is 5.71. The van der Waals surface area contributed by atoms with Crippen molar-refractivity contribution in [3.8, 4) is 5.75 Å². The lowest BCUT2D eigenvalue weighted by Gasteiger charge is -2.20. The third kappa shape index (κ3) is 1.52. The predicted octanol–water partition coefficient (Wildman–Crippen LogP) is 2.26. The van der Waals surface area contributed by atoms with Crippen molar-refractivity contribution in [2.75, 3.05) is 13.7 Å². The summed E-state index contributed by atoms with van der Waals surface area (Å²) in [6.45, 7) is 0.202. The minimum absolute atomic E-state index is 0.0956. The molecule has 1 N–H and O–H groups in total. The van der Waals surface area contributed by atoms with Crippen molar-refractivity contribution in [3.63, 3.8) is 0 Å². The Morgan fingerprint density at radius 2 is 2.36 bits per heavy atom. The summed E-state index contributed by atoms with van der Waals surface area (Å²) in [7, 11) is 1.67. The van der Waals surface area contributed by atoms with Crippen LogP contribution in [-0.4, -0.2) is 18.8 Å². The molecule has 0 saturated carbocycles. The molecule has 1 aliphatic rings. The van der Waals surface area contributed by atoms with Gasteiger partial charge < -0.3 is 9.84 Å². The van der Waals surface area contributed by atoms with Gasteiger partial charge in [-0.1, -0.05) is 28.7 Å². The predicted molar refractivity (Wildman–Crippen MR) is 64.1 cm³/mol. The van der Waals surface area contributed by atoms with Crippen LogP contribution in [0, 0.1) is 0 Å². The van der Waals surface area contributed by atoms with E-state index in [0.29, 0.717) is 0 Å². The van der Waals surface area contributed by atoms with Crippen LogP contribution in [0.15, 0.2) is 18.2 Å². The second kappa shape index (κ2) is 3.70.